The van der Waals surface area contributed by atoms with Gasteiger partial charge in [0.2, 0.25) is 5.91 Å². The normalized spacial score (nSPS) is 28.2. The van der Waals surface area contributed by atoms with E-state index in [1.807, 2.05) is 6.20 Å². The maximum atomic E-state index is 12.6. The first-order valence-corrected chi connectivity index (χ1v) is 8.65. The van der Waals surface area contributed by atoms with Crippen LogP contribution in [0.3, 0.4) is 0 Å². The minimum atomic E-state index is -0.430. The van der Waals surface area contributed by atoms with Gasteiger partial charge in [0.05, 0.1) is 17.6 Å². The van der Waals surface area contributed by atoms with Crippen molar-refractivity contribution in [3.63, 3.8) is 0 Å². The molecule has 24 heavy (non-hydrogen) atoms. The van der Waals surface area contributed by atoms with E-state index >= 15 is 0 Å². The molecule has 1 N–H and O–H groups in total. The van der Waals surface area contributed by atoms with E-state index in [1.165, 1.54) is 5.56 Å². The Morgan fingerprint density at radius 2 is 2.42 bits per heavy atom. The molecule has 2 aliphatic heterocycles. The first-order valence-electron chi connectivity index (χ1n) is 8.65. The fourth-order valence-corrected chi connectivity index (χ4v) is 4.62. The summed E-state index contributed by atoms with van der Waals surface area (Å²) in [5, 5.41) is 12.5. The number of carbonyl (C=O) groups is 1. The number of rotatable bonds is 2. The molecule has 0 spiro atoms. The van der Waals surface area contributed by atoms with Crippen LogP contribution in [-0.2, 0) is 22.4 Å². The number of hydrogen-bond donors (Lipinski definition) is 1. The summed E-state index contributed by atoms with van der Waals surface area (Å²) in [7, 11) is 1.70. The molecule has 1 aromatic heterocycles. The highest BCUT2D eigenvalue weighted by Crippen LogP contribution is 2.44. The van der Waals surface area contributed by atoms with Crippen LogP contribution in [0.25, 0.3) is 0 Å². The first-order chi connectivity index (χ1) is 11.7. The number of pyridine rings is 1. The predicted octanol–water partition coefficient (Wildman–Crippen LogP) is 1.03. The van der Waals surface area contributed by atoms with E-state index in [9.17, 15) is 10.1 Å². The Kier molecular flexibility index (Phi) is 3.69. The van der Waals surface area contributed by atoms with Gasteiger partial charge in [0, 0.05) is 38.9 Å². The molecule has 6 heteroatoms. The molecule has 1 amide bonds. The number of aryl methyl sites for hydroxylation is 1. The van der Waals surface area contributed by atoms with Gasteiger partial charge in [-0.15, -0.1) is 0 Å². The summed E-state index contributed by atoms with van der Waals surface area (Å²) in [6.45, 7) is 2.53. The number of nitrogens with zero attached hydrogens (tertiary/aromatic N) is 3. The summed E-state index contributed by atoms with van der Waals surface area (Å²) in [4.78, 5) is 19.3. The van der Waals surface area contributed by atoms with Gasteiger partial charge in [-0.05, 0) is 36.8 Å². The number of nitriles is 1. The molecule has 2 atom stereocenters. The molecule has 2 fully saturated rings. The zero-order chi connectivity index (χ0) is 16.7. The second-order valence-corrected chi connectivity index (χ2v) is 7.06. The van der Waals surface area contributed by atoms with E-state index in [-0.39, 0.29) is 11.8 Å². The van der Waals surface area contributed by atoms with Gasteiger partial charge in [0.1, 0.15) is 11.9 Å². The molecule has 1 aliphatic carbocycles. The summed E-state index contributed by atoms with van der Waals surface area (Å²) in [6, 6.07) is 2.37. The Labute approximate surface area is 141 Å². The number of amides is 1. The maximum absolute atomic E-state index is 12.6. The smallest absolute Gasteiger partial charge is 0.228 e. The lowest BCUT2D eigenvalue weighted by atomic mass is 9.73. The number of anilines is 1. The van der Waals surface area contributed by atoms with Crippen molar-refractivity contribution in [2.24, 2.45) is 11.3 Å². The van der Waals surface area contributed by atoms with Crippen molar-refractivity contribution in [1.29, 1.82) is 5.26 Å². The third-order valence-corrected chi connectivity index (χ3v) is 5.93. The number of ether oxygens (including phenoxy) is 1. The summed E-state index contributed by atoms with van der Waals surface area (Å²) in [5.41, 5.74) is 2.64. The molecule has 2 saturated heterocycles. The van der Waals surface area contributed by atoms with Crippen LogP contribution in [0.2, 0.25) is 0 Å². The summed E-state index contributed by atoms with van der Waals surface area (Å²) in [6.07, 6.45) is 5.70. The lowest BCUT2D eigenvalue weighted by Gasteiger charge is -2.36. The zero-order valence-corrected chi connectivity index (χ0v) is 14.0. The topological polar surface area (TPSA) is 78.2 Å². The van der Waals surface area contributed by atoms with Crippen LogP contribution >= 0.6 is 0 Å². The molecule has 3 aliphatic rings. The van der Waals surface area contributed by atoms with Crippen molar-refractivity contribution >= 4 is 11.7 Å². The fourth-order valence-electron chi connectivity index (χ4n) is 4.62. The highest BCUT2D eigenvalue weighted by Gasteiger charge is 2.53. The third kappa shape index (κ3) is 2.11. The van der Waals surface area contributed by atoms with E-state index in [4.69, 9.17) is 4.74 Å². The second-order valence-electron chi connectivity index (χ2n) is 7.06. The van der Waals surface area contributed by atoms with E-state index in [1.54, 1.807) is 7.05 Å². The predicted molar refractivity (Wildman–Crippen MR) is 88.6 cm³/mol. The van der Waals surface area contributed by atoms with Crippen molar-refractivity contribution in [1.82, 2.24) is 10.3 Å². The number of carbonyl (C=O) groups excluding carboxylic acids is 1. The number of nitrogens with one attached hydrogen (secondary N) is 1. The zero-order valence-electron chi connectivity index (χ0n) is 14.0. The van der Waals surface area contributed by atoms with E-state index in [0.29, 0.717) is 31.9 Å². The molecular formula is C18H22N4O2. The van der Waals surface area contributed by atoms with Gasteiger partial charge >= 0.3 is 0 Å². The fraction of sp³-hybridized carbons (Fsp3) is 0.611. The van der Waals surface area contributed by atoms with Gasteiger partial charge in [-0.1, -0.05) is 0 Å². The highest BCUT2D eigenvalue weighted by atomic mass is 16.5. The van der Waals surface area contributed by atoms with Crippen molar-refractivity contribution in [2.75, 3.05) is 38.3 Å². The van der Waals surface area contributed by atoms with Crippen molar-refractivity contribution in [2.45, 2.75) is 25.7 Å². The van der Waals surface area contributed by atoms with Crippen LogP contribution in [0, 0.1) is 22.7 Å². The van der Waals surface area contributed by atoms with Crippen molar-refractivity contribution < 1.29 is 9.53 Å². The van der Waals surface area contributed by atoms with Gasteiger partial charge in [-0.3, -0.25) is 4.79 Å². The van der Waals surface area contributed by atoms with Crippen LogP contribution in [0.5, 0.6) is 0 Å². The Morgan fingerprint density at radius 3 is 3.21 bits per heavy atom. The number of aromatic nitrogens is 1. The largest absolute Gasteiger partial charge is 0.381 e. The van der Waals surface area contributed by atoms with Crippen LogP contribution < -0.4 is 10.2 Å². The molecule has 3 heterocycles. The van der Waals surface area contributed by atoms with Gasteiger partial charge in [0.15, 0.2) is 0 Å². The van der Waals surface area contributed by atoms with Gasteiger partial charge in [-0.2, -0.15) is 5.26 Å². The van der Waals surface area contributed by atoms with Crippen LogP contribution in [0.4, 0.5) is 5.82 Å². The average Bonchev–Trinajstić information content (AvgIpc) is 3.24. The molecule has 4 rings (SSSR count). The number of fused-ring (bicyclic) bond motifs is 2. The van der Waals surface area contributed by atoms with E-state index in [2.05, 4.69) is 21.3 Å². The monoisotopic (exact) mass is 326 g/mol. The molecule has 0 saturated carbocycles. The van der Waals surface area contributed by atoms with Crippen LogP contribution in [0.1, 0.15) is 29.5 Å². The highest BCUT2D eigenvalue weighted by molar-refractivity contribution is 5.84. The minimum Gasteiger partial charge on any atom is -0.381 e. The molecule has 126 valence electrons. The van der Waals surface area contributed by atoms with Gasteiger partial charge in [-0.25, -0.2) is 4.98 Å². The second kappa shape index (κ2) is 5.75. The molecule has 0 unspecified atom stereocenters. The van der Waals surface area contributed by atoms with E-state index < -0.39 is 5.41 Å². The first kappa shape index (κ1) is 15.4. The minimum absolute atomic E-state index is 0.0815. The molecule has 0 bridgehead atoms. The van der Waals surface area contributed by atoms with Crippen LogP contribution in [-0.4, -0.2) is 44.2 Å². The molecule has 6 nitrogen and oxygen atoms in total. The van der Waals surface area contributed by atoms with Gasteiger partial charge < -0.3 is 15.0 Å². The molecule has 1 aromatic rings. The summed E-state index contributed by atoms with van der Waals surface area (Å²) in [5.74, 6) is 0.974. The Hall–Kier alpha value is -2.13. The Bertz CT molecular complexity index is 726. The molecule has 0 aromatic carbocycles. The van der Waals surface area contributed by atoms with Gasteiger partial charge in [0.25, 0.3) is 0 Å². The molecule has 0 radical (unpaired) electrons. The quantitative estimate of drug-likeness (QED) is 0.878. The Balaban J connectivity index is 1.72. The molecular weight excluding hydrogens is 304 g/mol. The van der Waals surface area contributed by atoms with Crippen LogP contribution in [0.15, 0.2) is 6.20 Å². The summed E-state index contributed by atoms with van der Waals surface area (Å²) >= 11 is 0. The lowest BCUT2D eigenvalue weighted by molar-refractivity contribution is -0.138. The standard InChI is InChI=1S/C18H22N4O2/c1-20-17(23)18-5-6-24-10-13(18)9-22(11-18)16-15(7-19)14-4-2-3-12(14)8-21-16/h8,13H,2-6,9-11H2,1H3,(H,20,23)/t13-,18+/m1/s1. The average molecular weight is 326 g/mol. The maximum Gasteiger partial charge on any atom is 0.228 e. The third-order valence-electron chi connectivity index (χ3n) is 5.93. The summed E-state index contributed by atoms with van der Waals surface area (Å²) < 4.78 is 5.63. The SMILES string of the molecule is CNC(=O)[C@]12CCOC[C@H]1CN(c1ncc3c(c1C#N)CCC3)C2. The van der Waals surface area contributed by atoms with Crippen molar-refractivity contribution in [3.05, 3.63) is 22.9 Å². The van der Waals surface area contributed by atoms with E-state index in [0.717, 1.165) is 37.1 Å². The lowest BCUT2D eigenvalue weighted by Crippen LogP contribution is -2.49. The van der Waals surface area contributed by atoms with Crippen molar-refractivity contribution in [3.8, 4) is 6.07 Å². The number of hydrogen-bond acceptors (Lipinski definition) is 5. The Morgan fingerprint density at radius 1 is 1.54 bits per heavy atom.